The van der Waals surface area contributed by atoms with Crippen molar-refractivity contribution in [2.75, 3.05) is 20.2 Å². The minimum Gasteiger partial charge on any atom is -0.480 e. The lowest BCUT2D eigenvalue weighted by Crippen LogP contribution is -2.51. The van der Waals surface area contributed by atoms with E-state index in [-0.39, 0.29) is 42.8 Å². The summed E-state index contributed by atoms with van der Waals surface area (Å²) in [7, 11) is -2.08. The predicted octanol–water partition coefficient (Wildman–Crippen LogP) is 4.33. The number of aliphatic carboxylic acids is 1. The first kappa shape index (κ1) is 38.7. The number of carbonyl (C=O) groups is 3. The molecule has 11 nitrogen and oxygen atoms in total. The number of hydrogen-bond acceptors (Lipinski definition) is 7. The summed E-state index contributed by atoms with van der Waals surface area (Å²) in [6.45, 7) is 4.26. The van der Waals surface area contributed by atoms with Crippen LogP contribution in [0.4, 0.5) is 0 Å². The van der Waals surface area contributed by atoms with Gasteiger partial charge in [0.1, 0.15) is 12.1 Å². The summed E-state index contributed by atoms with van der Waals surface area (Å²) in [5.74, 6) is -0.733. The number of unbranched alkanes of at least 4 members (excludes halogenated alkanes) is 1. The quantitative estimate of drug-likeness (QED) is 0.156. The van der Waals surface area contributed by atoms with Gasteiger partial charge in [0.25, 0.3) is 0 Å². The first-order valence-electron chi connectivity index (χ1n) is 18.0. The van der Waals surface area contributed by atoms with E-state index in [9.17, 15) is 27.9 Å². The van der Waals surface area contributed by atoms with Crippen LogP contribution < -0.4 is 16.4 Å². The summed E-state index contributed by atoms with van der Waals surface area (Å²) in [5, 5.41) is 15.5. The van der Waals surface area contributed by atoms with E-state index in [0.717, 1.165) is 51.4 Å². The number of carboxylic acid groups (broad SMARTS) is 1. The summed E-state index contributed by atoms with van der Waals surface area (Å²) < 4.78 is 34.0. The summed E-state index contributed by atoms with van der Waals surface area (Å²) >= 11 is 0. The van der Waals surface area contributed by atoms with Gasteiger partial charge in [0, 0.05) is 32.7 Å². The number of nitrogens with one attached hydrogen (secondary N) is 2. The van der Waals surface area contributed by atoms with Crippen LogP contribution >= 0.6 is 0 Å². The van der Waals surface area contributed by atoms with Crippen molar-refractivity contribution in [3.8, 4) is 0 Å². The van der Waals surface area contributed by atoms with Crippen molar-refractivity contribution in [1.82, 2.24) is 14.9 Å². The fourth-order valence-corrected chi connectivity index (χ4v) is 9.92. The van der Waals surface area contributed by atoms with Crippen LogP contribution in [0.2, 0.25) is 0 Å². The molecule has 3 saturated carbocycles. The van der Waals surface area contributed by atoms with Gasteiger partial charge in [0.15, 0.2) is 0 Å². The fourth-order valence-electron chi connectivity index (χ4n) is 7.61. The number of rotatable bonds is 18. The number of ether oxygens (including phenoxy) is 1. The molecule has 0 radical (unpaired) electrons. The SMILES string of the molecule is COC1CCC(CC(=O)N[C@@H](CC2CCCCC2)C(=O)NCCCC[C@@H](C(=O)O)N(CC(C)C)S(=O)(=O)C2CCC(N)CC2)CC1. The molecular formula is C34H62N4O7S. The Kier molecular flexibility index (Phi) is 16.2. The van der Waals surface area contributed by atoms with Gasteiger partial charge in [0.2, 0.25) is 21.8 Å². The van der Waals surface area contributed by atoms with Crippen LogP contribution in [0.25, 0.3) is 0 Å². The van der Waals surface area contributed by atoms with Crippen LogP contribution in [0, 0.1) is 17.8 Å². The molecule has 3 rings (SSSR count). The van der Waals surface area contributed by atoms with E-state index in [4.69, 9.17) is 10.5 Å². The average molecular weight is 671 g/mol. The lowest BCUT2D eigenvalue weighted by Gasteiger charge is -2.35. The number of carbonyl (C=O) groups excluding carboxylic acids is 2. The third-order valence-electron chi connectivity index (χ3n) is 10.4. The second-order valence-corrected chi connectivity index (χ2v) is 16.8. The van der Waals surface area contributed by atoms with Crippen LogP contribution in [0.15, 0.2) is 0 Å². The Bertz CT molecular complexity index is 1050. The summed E-state index contributed by atoms with van der Waals surface area (Å²) in [4.78, 5) is 38.8. The molecule has 266 valence electrons. The van der Waals surface area contributed by atoms with Gasteiger partial charge >= 0.3 is 5.97 Å². The molecular weight excluding hydrogens is 608 g/mol. The van der Waals surface area contributed by atoms with E-state index in [1.165, 1.54) is 10.7 Å². The highest BCUT2D eigenvalue weighted by Crippen LogP contribution is 2.31. The first-order chi connectivity index (χ1) is 21.9. The Balaban J connectivity index is 1.54. The molecule has 46 heavy (non-hydrogen) atoms. The Morgan fingerprint density at radius 3 is 2.15 bits per heavy atom. The summed E-state index contributed by atoms with van der Waals surface area (Å²) in [6, 6.07) is -1.75. The zero-order valence-electron chi connectivity index (χ0n) is 28.6. The molecule has 2 amide bonds. The van der Waals surface area contributed by atoms with Gasteiger partial charge in [-0.25, -0.2) is 8.42 Å². The molecule has 0 saturated heterocycles. The van der Waals surface area contributed by atoms with Crippen molar-refractivity contribution in [3.05, 3.63) is 0 Å². The summed E-state index contributed by atoms with van der Waals surface area (Å²) in [6.07, 6.45) is 14.1. The highest BCUT2D eigenvalue weighted by atomic mass is 32.2. The van der Waals surface area contributed by atoms with E-state index in [1.807, 2.05) is 13.8 Å². The van der Waals surface area contributed by atoms with Crippen LogP contribution in [0.1, 0.15) is 129 Å². The molecule has 0 aromatic carbocycles. The smallest absolute Gasteiger partial charge is 0.322 e. The zero-order chi connectivity index (χ0) is 33.7. The van der Waals surface area contributed by atoms with Crippen LogP contribution in [-0.4, -0.2) is 85.3 Å². The van der Waals surface area contributed by atoms with Gasteiger partial charge in [0.05, 0.1) is 11.4 Å². The molecule has 0 spiro atoms. The van der Waals surface area contributed by atoms with Crippen molar-refractivity contribution < 1.29 is 32.6 Å². The largest absolute Gasteiger partial charge is 0.480 e. The molecule has 3 aliphatic rings. The van der Waals surface area contributed by atoms with Gasteiger partial charge < -0.3 is 26.2 Å². The number of methoxy groups -OCH3 is 1. The Hall–Kier alpha value is -1.76. The van der Waals surface area contributed by atoms with Gasteiger partial charge in [-0.15, -0.1) is 0 Å². The molecule has 0 unspecified atom stereocenters. The van der Waals surface area contributed by atoms with Crippen LogP contribution in [0.3, 0.4) is 0 Å². The fraction of sp³-hybridized carbons (Fsp3) is 0.912. The molecule has 3 fully saturated rings. The van der Waals surface area contributed by atoms with Crippen molar-refractivity contribution in [2.45, 2.75) is 159 Å². The number of nitrogens with zero attached hydrogens (tertiary/aromatic N) is 1. The van der Waals surface area contributed by atoms with Crippen LogP contribution in [-0.2, 0) is 29.1 Å². The van der Waals surface area contributed by atoms with E-state index >= 15 is 0 Å². The van der Waals surface area contributed by atoms with Gasteiger partial charge in [-0.2, -0.15) is 4.31 Å². The molecule has 0 aromatic rings. The van der Waals surface area contributed by atoms with Crippen LogP contribution in [0.5, 0.6) is 0 Å². The predicted molar refractivity (Wildman–Crippen MR) is 179 cm³/mol. The van der Waals surface area contributed by atoms with Gasteiger partial charge in [-0.3, -0.25) is 14.4 Å². The molecule has 0 bridgehead atoms. The van der Waals surface area contributed by atoms with Gasteiger partial charge in [-0.1, -0.05) is 46.0 Å². The molecule has 3 aliphatic carbocycles. The lowest BCUT2D eigenvalue weighted by molar-refractivity contribution is -0.142. The standard InChI is InChI=1S/C34H62N4O7S/c1-24(2)23-38(46(43,44)29-18-14-27(35)15-19-29)31(34(41)42)11-7-8-20-36-33(40)30(21-25-9-5-4-6-10-25)37-32(39)22-26-12-16-28(45-3)17-13-26/h24-31H,4-23,35H2,1-3H3,(H,36,40)(H,37,39)(H,41,42)/t26?,27?,28?,29?,30-,31-/m0/s1. The number of carboxylic acids is 1. The average Bonchev–Trinajstić information content (AvgIpc) is 3.02. The Labute approximate surface area is 277 Å². The van der Waals surface area contributed by atoms with E-state index < -0.39 is 33.3 Å². The lowest BCUT2D eigenvalue weighted by atomic mass is 9.84. The maximum Gasteiger partial charge on any atom is 0.322 e. The van der Waals surface area contributed by atoms with E-state index in [0.29, 0.717) is 69.7 Å². The number of nitrogens with two attached hydrogens (primary N) is 1. The molecule has 12 heteroatoms. The summed E-state index contributed by atoms with van der Waals surface area (Å²) in [5.41, 5.74) is 6.00. The minimum absolute atomic E-state index is 0.00725. The Morgan fingerprint density at radius 1 is 0.913 bits per heavy atom. The van der Waals surface area contributed by atoms with Crippen molar-refractivity contribution >= 4 is 27.8 Å². The molecule has 0 aromatic heterocycles. The number of sulfonamides is 1. The maximum atomic E-state index is 13.7. The molecule has 2 atom stereocenters. The zero-order valence-corrected chi connectivity index (χ0v) is 29.4. The number of hydrogen-bond donors (Lipinski definition) is 4. The highest BCUT2D eigenvalue weighted by Gasteiger charge is 2.41. The first-order valence-corrected chi connectivity index (χ1v) is 19.5. The van der Waals surface area contributed by atoms with Gasteiger partial charge in [-0.05, 0) is 94.8 Å². The third-order valence-corrected chi connectivity index (χ3v) is 12.8. The maximum absolute atomic E-state index is 13.7. The molecule has 5 N–H and O–H groups in total. The van der Waals surface area contributed by atoms with Crippen molar-refractivity contribution in [2.24, 2.45) is 23.5 Å². The normalized spacial score (nSPS) is 26.0. The monoisotopic (exact) mass is 670 g/mol. The van der Waals surface area contributed by atoms with Crippen molar-refractivity contribution in [1.29, 1.82) is 0 Å². The third kappa shape index (κ3) is 12.4. The molecule has 0 aliphatic heterocycles. The van der Waals surface area contributed by atoms with Crippen molar-refractivity contribution in [3.63, 3.8) is 0 Å². The van der Waals surface area contributed by atoms with E-state index in [2.05, 4.69) is 10.6 Å². The molecule has 0 heterocycles. The highest BCUT2D eigenvalue weighted by molar-refractivity contribution is 7.89. The second-order valence-electron chi connectivity index (χ2n) is 14.6. The van der Waals surface area contributed by atoms with E-state index in [1.54, 1.807) is 7.11 Å². The Morgan fingerprint density at radius 2 is 1.57 bits per heavy atom. The topological polar surface area (TPSA) is 168 Å². The second kappa shape index (κ2) is 19.3. The number of amides is 2. The minimum atomic E-state index is -3.81.